The molecule has 3 aromatic carbocycles. The maximum Gasteiger partial charge on any atom is 0.339 e. The fourth-order valence-electron chi connectivity index (χ4n) is 3.38. The first-order chi connectivity index (χ1) is 15.4. The van der Waals surface area contributed by atoms with Crippen molar-refractivity contribution in [2.75, 3.05) is 19.0 Å². The summed E-state index contributed by atoms with van der Waals surface area (Å²) in [6.45, 7) is -0.450. The minimum Gasteiger partial charge on any atom is -0.452 e. The number of amides is 3. The van der Waals surface area contributed by atoms with Crippen LogP contribution in [-0.4, -0.2) is 47.5 Å². The Kier molecular flexibility index (Phi) is 6.23. The summed E-state index contributed by atoms with van der Waals surface area (Å²) in [6, 6.07) is 20.0. The van der Waals surface area contributed by atoms with Crippen LogP contribution >= 0.6 is 11.8 Å². The molecule has 1 heterocycles. The zero-order valence-corrected chi connectivity index (χ0v) is 18.1. The Morgan fingerprint density at radius 3 is 2.50 bits per heavy atom. The van der Waals surface area contributed by atoms with Crippen LogP contribution in [0.5, 0.6) is 0 Å². The van der Waals surface area contributed by atoms with Crippen LogP contribution in [0.4, 0.5) is 5.69 Å². The Morgan fingerprint density at radius 2 is 1.75 bits per heavy atom. The Balaban J connectivity index is 1.38. The van der Waals surface area contributed by atoms with Gasteiger partial charge in [0.1, 0.15) is 0 Å². The van der Waals surface area contributed by atoms with Gasteiger partial charge in [0.05, 0.1) is 10.8 Å². The number of carbonyl (C=O) groups is 4. The van der Waals surface area contributed by atoms with Crippen molar-refractivity contribution >= 4 is 51.9 Å². The van der Waals surface area contributed by atoms with Crippen LogP contribution in [0.1, 0.15) is 16.8 Å². The van der Waals surface area contributed by atoms with Crippen LogP contribution in [0, 0.1) is 0 Å². The third kappa shape index (κ3) is 4.65. The van der Waals surface area contributed by atoms with Gasteiger partial charge in [-0.1, -0.05) is 42.5 Å². The van der Waals surface area contributed by atoms with Crippen LogP contribution in [0.25, 0.3) is 10.8 Å². The molecule has 1 atom stereocenters. The van der Waals surface area contributed by atoms with Gasteiger partial charge in [-0.05, 0) is 35.0 Å². The average Bonchev–Trinajstić information content (AvgIpc) is 3.04. The summed E-state index contributed by atoms with van der Waals surface area (Å²) in [5.41, 5.74) is 0.847. The molecule has 4 rings (SSSR count). The van der Waals surface area contributed by atoms with E-state index in [-0.39, 0.29) is 23.8 Å². The SMILES string of the molecule is CN1C(=O)CC(Sc2ccccc2C(=O)OCC(=O)Nc2ccc3ccccc3c2)C1=O. The van der Waals surface area contributed by atoms with E-state index < -0.39 is 23.7 Å². The molecule has 0 radical (unpaired) electrons. The molecular weight excluding hydrogens is 428 g/mol. The largest absolute Gasteiger partial charge is 0.452 e. The molecule has 8 heteroatoms. The fraction of sp³-hybridized carbons (Fsp3) is 0.167. The zero-order valence-electron chi connectivity index (χ0n) is 17.2. The van der Waals surface area contributed by atoms with E-state index in [0.717, 1.165) is 27.4 Å². The number of hydrogen-bond acceptors (Lipinski definition) is 6. The minimum absolute atomic E-state index is 0.0809. The summed E-state index contributed by atoms with van der Waals surface area (Å²) >= 11 is 1.15. The van der Waals surface area contributed by atoms with Gasteiger partial charge in [0.25, 0.3) is 5.91 Å². The Morgan fingerprint density at radius 1 is 1.03 bits per heavy atom. The van der Waals surface area contributed by atoms with E-state index in [1.54, 1.807) is 30.3 Å². The van der Waals surface area contributed by atoms with Crippen molar-refractivity contribution in [2.24, 2.45) is 0 Å². The Bertz CT molecular complexity index is 1230. The average molecular weight is 449 g/mol. The van der Waals surface area contributed by atoms with Crippen LogP contribution in [0.2, 0.25) is 0 Å². The first-order valence-corrected chi connectivity index (χ1v) is 10.8. The number of carbonyl (C=O) groups excluding carboxylic acids is 4. The van der Waals surface area contributed by atoms with Crippen molar-refractivity contribution in [1.82, 2.24) is 4.90 Å². The number of rotatable bonds is 6. The van der Waals surface area contributed by atoms with Gasteiger partial charge in [-0.15, -0.1) is 11.8 Å². The van der Waals surface area contributed by atoms with E-state index >= 15 is 0 Å². The van der Waals surface area contributed by atoms with Gasteiger partial charge >= 0.3 is 5.97 Å². The van der Waals surface area contributed by atoms with Crippen molar-refractivity contribution in [2.45, 2.75) is 16.6 Å². The van der Waals surface area contributed by atoms with Crippen molar-refractivity contribution in [3.05, 3.63) is 72.3 Å². The third-order valence-electron chi connectivity index (χ3n) is 5.08. The Labute approximate surface area is 188 Å². The van der Waals surface area contributed by atoms with Crippen molar-refractivity contribution in [1.29, 1.82) is 0 Å². The van der Waals surface area contributed by atoms with Gasteiger partial charge in [-0.3, -0.25) is 19.3 Å². The number of nitrogens with one attached hydrogen (secondary N) is 1. The fourth-order valence-corrected chi connectivity index (χ4v) is 4.60. The molecule has 7 nitrogen and oxygen atoms in total. The van der Waals surface area contributed by atoms with E-state index in [4.69, 9.17) is 4.74 Å². The summed E-state index contributed by atoms with van der Waals surface area (Å²) in [4.78, 5) is 50.4. The van der Waals surface area contributed by atoms with Gasteiger partial charge in [0.15, 0.2) is 6.61 Å². The maximum atomic E-state index is 12.6. The normalized spacial score (nSPS) is 15.8. The van der Waals surface area contributed by atoms with Crippen molar-refractivity contribution < 1.29 is 23.9 Å². The minimum atomic E-state index is -0.674. The Hall–Kier alpha value is -3.65. The van der Waals surface area contributed by atoms with Crippen LogP contribution < -0.4 is 5.32 Å². The molecule has 1 N–H and O–H groups in total. The number of likely N-dealkylation sites (tertiary alicyclic amines) is 1. The number of hydrogen-bond donors (Lipinski definition) is 1. The molecule has 3 amide bonds. The third-order valence-corrected chi connectivity index (χ3v) is 6.35. The molecule has 0 saturated carbocycles. The van der Waals surface area contributed by atoms with Gasteiger partial charge in [0, 0.05) is 24.1 Å². The molecule has 0 aromatic heterocycles. The molecule has 1 saturated heterocycles. The predicted octanol–water partition coefficient (Wildman–Crippen LogP) is 3.48. The highest BCUT2D eigenvalue weighted by atomic mass is 32.2. The molecule has 0 spiro atoms. The van der Waals surface area contributed by atoms with Gasteiger partial charge in [0.2, 0.25) is 11.8 Å². The zero-order chi connectivity index (χ0) is 22.7. The molecule has 32 heavy (non-hydrogen) atoms. The van der Waals surface area contributed by atoms with E-state index in [0.29, 0.717) is 10.6 Å². The number of anilines is 1. The highest BCUT2D eigenvalue weighted by molar-refractivity contribution is 8.00. The monoisotopic (exact) mass is 448 g/mol. The summed E-state index contributed by atoms with van der Waals surface area (Å²) in [5.74, 6) is -1.68. The molecule has 1 unspecified atom stereocenters. The van der Waals surface area contributed by atoms with Crippen LogP contribution in [-0.2, 0) is 19.1 Å². The molecule has 0 aliphatic carbocycles. The van der Waals surface area contributed by atoms with Crippen LogP contribution in [0.15, 0.2) is 71.6 Å². The topological polar surface area (TPSA) is 92.8 Å². The molecule has 0 bridgehead atoms. The van der Waals surface area contributed by atoms with E-state index in [1.807, 2.05) is 36.4 Å². The standard InChI is InChI=1S/C24H20N2O5S/c1-26-22(28)13-20(23(26)29)32-19-9-5-4-8-18(19)24(30)31-14-21(27)25-17-11-10-15-6-2-3-7-16(15)12-17/h2-12,20H,13-14H2,1H3,(H,25,27). The maximum absolute atomic E-state index is 12.6. The van der Waals surface area contributed by atoms with Gasteiger partial charge in [-0.25, -0.2) is 4.79 Å². The lowest BCUT2D eigenvalue weighted by molar-refractivity contribution is -0.136. The van der Waals surface area contributed by atoms with Gasteiger partial charge in [-0.2, -0.15) is 0 Å². The lowest BCUT2D eigenvalue weighted by Gasteiger charge is -2.12. The molecule has 3 aromatic rings. The second-order valence-corrected chi connectivity index (χ2v) is 8.53. The number of fused-ring (bicyclic) bond motifs is 1. The lowest BCUT2D eigenvalue weighted by atomic mass is 10.1. The van der Waals surface area contributed by atoms with Gasteiger partial charge < -0.3 is 10.1 Å². The number of nitrogens with zero attached hydrogens (tertiary/aromatic N) is 1. The molecular formula is C24H20N2O5S. The van der Waals surface area contributed by atoms with E-state index in [1.165, 1.54) is 7.05 Å². The second kappa shape index (κ2) is 9.23. The van der Waals surface area contributed by atoms with Crippen molar-refractivity contribution in [3.63, 3.8) is 0 Å². The highest BCUT2D eigenvalue weighted by Gasteiger charge is 2.37. The molecule has 162 valence electrons. The summed E-state index contributed by atoms with van der Waals surface area (Å²) in [7, 11) is 1.44. The lowest BCUT2D eigenvalue weighted by Crippen LogP contribution is -2.26. The smallest absolute Gasteiger partial charge is 0.339 e. The summed E-state index contributed by atoms with van der Waals surface area (Å²) in [5, 5.41) is 4.18. The number of esters is 1. The number of imide groups is 1. The van der Waals surface area contributed by atoms with E-state index in [2.05, 4.69) is 5.32 Å². The first-order valence-electron chi connectivity index (χ1n) is 9.94. The quantitative estimate of drug-likeness (QED) is 0.458. The number of benzene rings is 3. The number of ether oxygens (including phenoxy) is 1. The van der Waals surface area contributed by atoms with Crippen LogP contribution in [0.3, 0.4) is 0 Å². The summed E-state index contributed by atoms with van der Waals surface area (Å²) in [6.07, 6.45) is 0.0809. The van der Waals surface area contributed by atoms with E-state index in [9.17, 15) is 19.2 Å². The number of thioether (sulfide) groups is 1. The molecule has 1 aliphatic rings. The van der Waals surface area contributed by atoms with Crippen molar-refractivity contribution in [3.8, 4) is 0 Å². The predicted molar refractivity (Wildman–Crippen MR) is 121 cm³/mol. The molecule has 1 aliphatic heterocycles. The second-order valence-electron chi connectivity index (χ2n) is 7.28. The first kappa shape index (κ1) is 21.6. The highest BCUT2D eigenvalue weighted by Crippen LogP contribution is 2.33. The summed E-state index contributed by atoms with van der Waals surface area (Å²) < 4.78 is 5.20. The molecule has 1 fully saturated rings.